The van der Waals surface area contributed by atoms with Crippen LogP contribution < -0.4 is 9.80 Å². The maximum absolute atomic E-state index is 13.7. The van der Waals surface area contributed by atoms with Crippen LogP contribution in [-0.4, -0.2) is 37.9 Å². The molecule has 0 spiro atoms. The number of esters is 1. The van der Waals surface area contributed by atoms with Gasteiger partial charge in [0.05, 0.1) is 41.8 Å². The highest BCUT2D eigenvalue weighted by Gasteiger charge is 2.43. The molecule has 2 atom stereocenters. The first-order chi connectivity index (χ1) is 18.0. The van der Waals surface area contributed by atoms with Crippen molar-refractivity contribution in [2.24, 2.45) is 0 Å². The number of hydrogen-bond acceptors (Lipinski definition) is 5. The van der Waals surface area contributed by atoms with Crippen LogP contribution >= 0.6 is 0 Å². The van der Waals surface area contributed by atoms with Crippen molar-refractivity contribution in [1.82, 2.24) is 0 Å². The summed E-state index contributed by atoms with van der Waals surface area (Å²) < 4.78 is 92.3. The molecule has 0 N–H and O–H groups in total. The Labute approximate surface area is 222 Å². The van der Waals surface area contributed by atoms with E-state index < -0.39 is 59.3 Å². The molecule has 1 aliphatic heterocycles. The first kappa shape index (κ1) is 30.1. The van der Waals surface area contributed by atoms with Gasteiger partial charge in [-0.3, -0.25) is 4.90 Å². The van der Waals surface area contributed by atoms with E-state index in [1.807, 2.05) is 0 Å². The van der Waals surface area contributed by atoms with Crippen LogP contribution in [0.25, 0.3) is 0 Å². The second-order valence-electron chi connectivity index (χ2n) is 9.71. The molecule has 0 saturated carbocycles. The highest BCUT2D eigenvalue weighted by atomic mass is 19.4. The molecule has 1 heterocycles. The van der Waals surface area contributed by atoms with Crippen LogP contribution in [-0.2, 0) is 26.6 Å². The molecule has 214 valence electrons. The zero-order valence-electron chi connectivity index (χ0n) is 22.3. The Balaban J connectivity index is 2.31. The number of anilines is 2. The molecule has 0 saturated heterocycles. The van der Waals surface area contributed by atoms with Gasteiger partial charge in [-0.1, -0.05) is 6.92 Å². The van der Waals surface area contributed by atoms with Crippen LogP contribution in [0.2, 0.25) is 0 Å². The Hall–Kier alpha value is -3.44. The maximum atomic E-state index is 13.7. The number of nitrogens with zero attached hydrogens (tertiary/aromatic N) is 2. The molecule has 1 aliphatic rings. The standard InChI is InChI=1S/C27H30F6N2O4/c1-7-20-13-34(21-8-15(4)16(5)9-22(21)35(20)25(37)39-14(2)3)23(24(36)38-6)17-10-18(26(28,29)30)12-19(11-17)27(31,32)33/h8-12,14,20,23H,7,13H2,1-6H3/t20-,23+/m1/s1. The lowest BCUT2D eigenvalue weighted by Crippen LogP contribution is -2.54. The lowest BCUT2D eigenvalue weighted by atomic mass is 9.94. The van der Waals surface area contributed by atoms with Crippen molar-refractivity contribution >= 4 is 23.4 Å². The molecule has 0 radical (unpaired) electrons. The third-order valence-corrected chi connectivity index (χ3v) is 6.60. The number of ether oxygens (including phenoxy) is 2. The van der Waals surface area contributed by atoms with Gasteiger partial charge in [0.25, 0.3) is 0 Å². The van der Waals surface area contributed by atoms with Crippen LogP contribution in [0.3, 0.4) is 0 Å². The number of fused-ring (bicyclic) bond motifs is 1. The lowest BCUT2D eigenvalue weighted by Gasteiger charge is -2.45. The van der Waals surface area contributed by atoms with Crippen molar-refractivity contribution in [2.45, 2.75) is 71.6 Å². The quantitative estimate of drug-likeness (QED) is 0.286. The molecule has 12 heteroatoms. The van der Waals surface area contributed by atoms with E-state index in [2.05, 4.69) is 0 Å². The Morgan fingerprint density at radius 2 is 1.44 bits per heavy atom. The summed E-state index contributed by atoms with van der Waals surface area (Å²) in [6, 6.07) is 2.09. The van der Waals surface area contributed by atoms with E-state index >= 15 is 0 Å². The van der Waals surface area contributed by atoms with Gasteiger partial charge in [0.1, 0.15) is 0 Å². The van der Waals surface area contributed by atoms with Crippen LogP contribution in [0.1, 0.15) is 61.1 Å². The number of carbonyl (C=O) groups is 2. The van der Waals surface area contributed by atoms with Crippen molar-refractivity contribution < 1.29 is 45.4 Å². The minimum atomic E-state index is -5.10. The normalized spacial score (nSPS) is 16.7. The van der Waals surface area contributed by atoms with Crippen molar-refractivity contribution in [3.05, 3.63) is 58.1 Å². The van der Waals surface area contributed by atoms with Gasteiger partial charge in [0, 0.05) is 6.54 Å². The first-order valence-electron chi connectivity index (χ1n) is 12.2. The molecular formula is C27H30F6N2O4. The molecule has 39 heavy (non-hydrogen) atoms. The van der Waals surface area contributed by atoms with E-state index in [0.717, 1.165) is 18.2 Å². The third-order valence-electron chi connectivity index (χ3n) is 6.60. The van der Waals surface area contributed by atoms with E-state index in [9.17, 15) is 35.9 Å². The zero-order valence-corrected chi connectivity index (χ0v) is 22.3. The minimum absolute atomic E-state index is 0.00794. The SMILES string of the molecule is CC[C@@H]1CN([C@H](C(=O)OC)c2cc(C(F)(F)F)cc(C(F)(F)F)c2)c2cc(C)c(C)cc2N1C(=O)OC(C)C. The largest absolute Gasteiger partial charge is 0.467 e. The van der Waals surface area contributed by atoms with Crippen LogP contribution in [0.4, 0.5) is 42.5 Å². The van der Waals surface area contributed by atoms with Gasteiger partial charge >= 0.3 is 24.4 Å². The zero-order chi connectivity index (χ0) is 29.4. The van der Waals surface area contributed by atoms with Gasteiger partial charge in [0.2, 0.25) is 0 Å². The molecule has 0 unspecified atom stereocenters. The topological polar surface area (TPSA) is 59.1 Å². The number of alkyl halides is 6. The summed E-state index contributed by atoms with van der Waals surface area (Å²) in [4.78, 5) is 29.1. The number of amides is 1. The summed E-state index contributed by atoms with van der Waals surface area (Å²) >= 11 is 0. The lowest BCUT2D eigenvalue weighted by molar-refractivity contribution is -0.145. The molecule has 1 amide bonds. The molecule has 2 aromatic rings. The van der Waals surface area contributed by atoms with Gasteiger partial charge in [-0.05, 0) is 81.1 Å². The van der Waals surface area contributed by atoms with Gasteiger partial charge in [-0.2, -0.15) is 26.3 Å². The van der Waals surface area contributed by atoms with E-state index in [-0.39, 0.29) is 18.3 Å². The van der Waals surface area contributed by atoms with E-state index in [4.69, 9.17) is 9.47 Å². The number of benzene rings is 2. The molecule has 3 rings (SSSR count). The number of halogens is 6. The average Bonchev–Trinajstić information content (AvgIpc) is 2.82. The molecule has 6 nitrogen and oxygen atoms in total. The number of aryl methyl sites for hydroxylation is 2. The second-order valence-corrected chi connectivity index (χ2v) is 9.71. The number of rotatable bonds is 5. The van der Waals surface area contributed by atoms with Crippen molar-refractivity contribution in [3.63, 3.8) is 0 Å². The molecule has 0 fully saturated rings. The molecule has 0 bridgehead atoms. The fourth-order valence-corrected chi connectivity index (χ4v) is 4.57. The molecule has 2 aromatic carbocycles. The fraction of sp³-hybridized carbons (Fsp3) is 0.481. The summed E-state index contributed by atoms with van der Waals surface area (Å²) in [5, 5.41) is 0. The molecule has 0 aliphatic carbocycles. The van der Waals surface area contributed by atoms with Gasteiger partial charge in [-0.25, -0.2) is 9.59 Å². The van der Waals surface area contributed by atoms with Gasteiger partial charge in [0.15, 0.2) is 6.04 Å². The Morgan fingerprint density at radius 3 is 1.87 bits per heavy atom. The monoisotopic (exact) mass is 560 g/mol. The molecule has 0 aromatic heterocycles. The summed E-state index contributed by atoms with van der Waals surface area (Å²) in [6.45, 7) is 8.59. The summed E-state index contributed by atoms with van der Waals surface area (Å²) in [7, 11) is 1.00. The molecular weight excluding hydrogens is 530 g/mol. The highest BCUT2D eigenvalue weighted by molar-refractivity contribution is 5.96. The Bertz CT molecular complexity index is 1210. The van der Waals surface area contributed by atoms with Crippen LogP contribution in [0.5, 0.6) is 0 Å². The van der Waals surface area contributed by atoms with Crippen molar-refractivity contribution in [2.75, 3.05) is 23.5 Å². The number of methoxy groups -OCH3 is 1. The summed E-state index contributed by atoms with van der Waals surface area (Å²) in [5.74, 6) is -1.06. The second kappa shape index (κ2) is 11.0. The van der Waals surface area contributed by atoms with Gasteiger partial charge < -0.3 is 14.4 Å². The first-order valence-corrected chi connectivity index (χ1v) is 12.2. The minimum Gasteiger partial charge on any atom is -0.467 e. The smallest absolute Gasteiger partial charge is 0.416 e. The number of carbonyl (C=O) groups excluding carboxylic acids is 2. The average molecular weight is 561 g/mol. The van der Waals surface area contributed by atoms with Crippen LogP contribution in [0, 0.1) is 13.8 Å². The fourth-order valence-electron chi connectivity index (χ4n) is 4.57. The number of hydrogen-bond donors (Lipinski definition) is 0. The summed E-state index contributed by atoms with van der Waals surface area (Å²) in [6.07, 6.45) is -11.0. The van der Waals surface area contributed by atoms with E-state index in [1.54, 1.807) is 46.8 Å². The Kier molecular flexibility index (Phi) is 8.47. The summed E-state index contributed by atoms with van der Waals surface area (Å²) in [5.41, 5.74) is -1.54. The maximum Gasteiger partial charge on any atom is 0.416 e. The van der Waals surface area contributed by atoms with Crippen molar-refractivity contribution in [3.8, 4) is 0 Å². The van der Waals surface area contributed by atoms with E-state index in [0.29, 0.717) is 24.2 Å². The predicted molar refractivity (Wildman–Crippen MR) is 133 cm³/mol. The Morgan fingerprint density at radius 1 is 0.923 bits per heavy atom. The predicted octanol–water partition coefficient (Wildman–Crippen LogP) is 7.21. The third kappa shape index (κ3) is 6.25. The van der Waals surface area contributed by atoms with E-state index in [1.165, 1.54) is 9.80 Å². The van der Waals surface area contributed by atoms with Gasteiger partial charge in [-0.15, -0.1) is 0 Å². The van der Waals surface area contributed by atoms with Crippen molar-refractivity contribution in [1.29, 1.82) is 0 Å². The van der Waals surface area contributed by atoms with Crippen LogP contribution in [0.15, 0.2) is 30.3 Å². The highest BCUT2D eigenvalue weighted by Crippen LogP contribution is 2.45.